The molecule has 0 saturated heterocycles. The zero-order chi connectivity index (χ0) is 12.5. The third-order valence-electron chi connectivity index (χ3n) is 2.42. The van der Waals surface area contributed by atoms with Gasteiger partial charge >= 0.3 is 0 Å². The number of rotatable bonds is 1. The van der Waals surface area contributed by atoms with Crippen LogP contribution in [-0.2, 0) is 0 Å². The van der Waals surface area contributed by atoms with Crippen molar-refractivity contribution in [3.63, 3.8) is 0 Å². The molecule has 1 aliphatic heterocycles. The molecule has 0 radical (unpaired) electrons. The number of halogens is 2. The molecule has 2 rings (SSSR count). The first-order valence-electron chi connectivity index (χ1n) is 5.36. The quantitative estimate of drug-likeness (QED) is 0.809. The van der Waals surface area contributed by atoms with Gasteiger partial charge in [0.05, 0.1) is 5.69 Å². The lowest BCUT2D eigenvalue weighted by Crippen LogP contribution is -2.27. The first-order chi connectivity index (χ1) is 7.96. The van der Waals surface area contributed by atoms with Gasteiger partial charge in [-0.3, -0.25) is 4.99 Å². The molecule has 92 valence electrons. The van der Waals surface area contributed by atoms with Crippen LogP contribution in [0.2, 0.25) is 5.02 Å². The van der Waals surface area contributed by atoms with Crippen LogP contribution in [0.4, 0.5) is 5.69 Å². The minimum atomic E-state index is 0.299. The van der Waals surface area contributed by atoms with E-state index in [0.29, 0.717) is 5.41 Å². The van der Waals surface area contributed by atoms with E-state index in [2.05, 4.69) is 40.1 Å². The Labute approximate surface area is 119 Å². The summed E-state index contributed by atoms with van der Waals surface area (Å²) < 4.78 is 0.957. The molecule has 1 N–H and O–H groups in total. The maximum absolute atomic E-state index is 5.90. The van der Waals surface area contributed by atoms with Gasteiger partial charge in [-0.15, -0.1) is 0 Å². The summed E-state index contributed by atoms with van der Waals surface area (Å²) in [4.78, 5) is 4.56. The molecule has 0 aromatic heterocycles. The third kappa shape index (κ3) is 3.63. The van der Waals surface area contributed by atoms with Gasteiger partial charge in [-0.05, 0) is 39.5 Å². The molecule has 1 aliphatic rings. The van der Waals surface area contributed by atoms with Crippen LogP contribution in [0.25, 0.3) is 0 Å². The van der Waals surface area contributed by atoms with Crippen molar-refractivity contribution in [2.45, 2.75) is 13.8 Å². The number of nitrogens with one attached hydrogen (secondary N) is 1. The van der Waals surface area contributed by atoms with E-state index < -0.39 is 0 Å². The second kappa shape index (κ2) is 5.21. The van der Waals surface area contributed by atoms with E-state index >= 15 is 0 Å². The summed E-state index contributed by atoms with van der Waals surface area (Å²) in [6.07, 6.45) is 0. The topological polar surface area (TPSA) is 24.4 Å². The number of aliphatic imine (C=N–C) groups is 1. The highest BCUT2D eigenvalue weighted by Gasteiger charge is 2.23. The van der Waals surface area contributed by atoms with Crippen LogP contribution in [0.5, 0.6) is 0 Å². The molecule has 0 atom stereocenters. The van der Waals surface area contributed by atoms with E-state index in [0.717, 1.165) is 32.6 Å². The highest BCUT2D eigenvalue weighted by Crippen LogP contribution is 2.31. The Balaban J connectivity index is 2.09. The van der Waals surface area contributed by atoms with Crippen molar-refractivity contribution < 1.29 is 0 Å². The molecule has 0 aliphatic carbocycles. The lowest BCUT2D eigenvalue weighted by atomic mass is 9.97. The maximum Gasteiger partial charge on any atom is 0.161 e. The van der Waals surface area contributed by atoms with Crippen molar-refractivity contribution in [3.05, 3.63) is 27.7 Å². The van der Waals surface area contributed by atoms with Gasteiger partial charge in [0.2, 0.25) is 0 Å². The van der Waals surface area contributed by atoms with Crippen LogP contribution >= 0.6 is 39.3 Å². The van der Waals surface area contributed by atoms with Crippen LogP contribution in [0.15, 0.2) is 27.7 Å². The Morgan fingerprint density at radius 1 is 1.47 bits per heavy atom. The summed E-state index contributed by atoms with van der Waals surface area (Å²) in [7, 11) is 0. The normalized spacial score (nSPS) is 18.7. The molecule has 0 unspecified atom stereocenters. The summed E-state index contributed by atoms with van der Waals surface area (Å²) in [5, 5.41) is 5.02. The Kier molecular flexibility index (Phi) is 4.06. The van der Waals surface area contributed by atoms with Crippen LogP contribution in [0, 0.1) is 5.41 Å². The Morgan fingerprint density at radius 3 is 2.82 bits per heavy atom. The van der Waals surface area contributed by atoms with Gasteiger partial charge in [0, 0.05) is 21.8 Å². The molecular formula is C12H14BrClN2S. The van der Waals surface area contributed by atoms with Crippen molar-refractivity contribution >= 4 is 50.1 Å². The van der Waals surface area contributed by atoms with E-state index in [9.17, 15) is 0 Å². The lowest BCUT2D eigenvalue weighted by molar-refractivity contribution is 0.438. The van der Waals surface area contributed by atoms with Crippen molar-refractivity contribution in [1.29, 1.82) is 0 Å². The summed E-state index contributed by atoms with van der Waals surface area (Å²) in [6.45, 7) is 5.34. The molecular weight excluding hydrogens is 320 g/mol. The number of amidine groups is 1. The zero-order valence-electron chi connectivity index (χ0n) is 9.76. The van der Waals surface area contributed by atoms with E-state index in [1.54, 1.807) is 11.8 Å². The average molecular weight is 334 g/mol. The first kappa shape index (κ1) is 13.2. The number of hydrogen-bond donors (Lipinski definition) is 1. The molecule has 0 fully saturated rings. The standard InChI is InChI=1S/C12H14BrClN2S/c1-12(2)6-15-11(17-7-12)16-10-4-3-8(14)5-9(10)13/h3-5H,6-7H2,1-2H3,(H,15,16). The number of thioether (sulfide) groups is 1. The number of hydrogen-bond acceptors (Lipinski definition) is 3. The van der Waals surface area contributed by atoms with Crippen LogP contribution in [-0.4, -0.2) is 17.5 Å². The molecule has 0 bridgehead atoms. The molecule has 0 spiro atoms. The molecule has 17 heavy (non-hydrogen) atoms. The van der Waals surface area contributed by atoms with Crippen molar-refractivity contribution in [3.8, 4) is 0 Å². The average Bonchev–Trinajstić information content (AvgIpc) is 2.25. The highest BCUT2D eigenvalue weighted by molar-refractivity contribution is 9.10. The van der Waals surface area contributed by atoms with Gasteiger partial charge < -0.3 is 5.32 Å². The molecule has 5 heteroatoms. The SMILES string of the molecule is CC1(C)CN=C(Nc2ccc(Cl)cc2Br)SC1. The van der Waals surface area contributed by atoms with Gasteiger partial charge in [-0.1, -0.05) is 37.2 Å². The van der Waals surface area contributed by atoms with Crippen LogP contribution < -0.4 is 5.32 Å². The fourth-order valence-electron chi connectivity index (χ4n) is 1.42. The number of nitrogens with zero attached hydrogens (tertiary/aromatic N) is 1. The lowest BCUT2D eigenvalue weighted by Gasteiger charge is -2.27. The molecule has 1 aromatic carbocycles. The van der Waals surface area contributed by atoms with Crippen molar-refractivity contribution in [2.75, 3.05) is 17.6 Å². The Hall–Kier alpha value is -0.190. The molecule has 1 aromatic rings. The summed E-state index contributed by atoms with van der Waals surface area (Å²) in [6, 6.07) is 5.70. The fourth-order valence-corrected chi connectivity index (χ4v) is 3.16. The molecule has 0 amide bonds. The predicted molar refractivity (Wildman–Crippen MR) is 81.3 cm³/mol. The monoisotopic (exact) mass is 332 g/mol. The highest BCUT2D eigenvalue weighted by atomic mass is 79.9. The molecule has 2 nitrogen and oxygen atoms in total. The van der Waals surface area contributed by atoms with Crippen LogP contribution in [0.1, 0.15) is 13.8 Å². The Morgan fingerprint density at radius 2 is 2.24 bits per heavy atom. The second-order valence-electron chi connectivity index (χ2n) is 4.82. The molecule has 0 saturated carbocycles. The number of benzene rings is 1. The van der Waals surface area contributed by atoms with Gasteiger partial charge in [0.15, 0.2) is 5.17 Å². The fraction of sp³-hybridized carbons (Fsp3) is 0.417. The van der Waals surface area contributed by atoms with E-state index in [1.165, 1.54) is 0 Å². The second-order valence-corrected chi connectivity index (χ2v) is 7.08. The summed E-state index contributed by atoms with van der Waals surface area (Å²) >= 11 is 11.2. The zero-order valence-corrected chi connectivity index (χ0v) is 12.9. The van der Waals surface area contributed by atoms with E-state index in [1.807, 2.05) is 18.2 Å². The minimum Gasteiger partial charge on any atom is -0.334 e. The summed E-state index contributed by atoms with van der Waals surface area (Å²) in [5.41, 5.74) is 1.30. The van der Waals surface area contributed by atoms with Crippen molar-refractivity contribution in [2.24, 2.45) is 10.4 Å². The van der Waals surface area contributed by atoms with Gasteiger partial charge in [-0.25, -0.2) is 0 Å². The first-order valence-corrected chi connectivity index (χ1v) is 7.51. The third-order valence-corrected chi connectivity index (χ3v) is 4.74. The largest absolute Gasteiger partial charge is 0.334 e. The van der Waals surface area contributed by atoms with Crippen molar-refractivity contribution in [1.82, 2.24) is 0 Å². The van der Waals surface area contributed by atoms with E-state index in [-0.39, 0.29) is 0 Å². The van der Waals surface area contributed by atoms with Crippen LogP contribution in [0.3, 0.4) is 0 Å². The van der Waals surface area contributed by atoms with E-state index in [4.69, 9.17) is 11.6 Å². The van der Waals surface area contributed by atoms with Gasteiger partial charge in [0.1, 0.15) is 0 Å². The maximum atomic E-state index is 5.90. The molecule has 1 heterocycles. The minimum absolute atomic E-state index is 0.299. The summed E-state index contributed by atoms with van der Waals surface area (Å²) in [5.74, 6) is 1.09. The Bertz CT molecular complexity index is 460. The smallest absolute Gasteiger partial charge is 0.161 e. The predicted octanol–water partition coefficient (Wildman–Crippen LogP) is 4.64. The number of anilines is 1. The van der Waals surface area contributed by atoms with Gasteiger partial charge in [0.25, 0.3) is 0 Å². The van der Waals surface area contributed by atoms with Gasteiger partial charge in [-0.2, -0.15) is 0 Å².